The van der Waals surface area contributed by atoms with Crippen LogP contribution in [0.25, 0.3) is 5.69 Å². The van der Waals surface area contributed by atoms with Crippen LogP contribution in [0.5, 0.6) is 0 Å². The summed E-state index contributed by atoms with van der Waals surface area (Å²) in [7, 11) is 0. The lowest BCUT2D eigenvalue weighted by Gasteiger charge is -2.07. The molecule has 0 bridgehead atoms. The SMILES string of the molecule is CCCCCCCNC(=O)c1ccc(-n2cc[nH]c2=S)cc1. The minimum absolute atomic E-state index is 0.0142. The maximum atomic E-state index is 12.1. The zero-order valence-electron chi connectivity index (χ0n) is 13.0. The predicted molar refractivity (Wildman–Crippen MR) is 92.0 cm³/mol. The highest BCUT2D eigenvalue weighted by molar-refractivity contribution is 7.71. The van der Waals surface area contributed by atoms with Crippen molar-refractivity contribution in [2.75, 3.05) is 6.54 Å². The van der Waals surface area contributed by atoms with E-state index in [1.54, 1.807) is 6.20 Å². The summed E-state index contributed by atoms with van der Waals surface area (Å²) in [4.78, 5) is 15.0. The van der Waals surface area contributed by atoms with Crippen molar-refractivity contribution >= 4 is 18.1 Å². The first-order valence-corrected chi connectivity index (χ1v) is 8.28. The number of imidazole rings is 1. The van der Waals surface area contributed by atoms with Crippen molar-refractivity contribution < 1.29 is 4.79 Å². The zero-order valence-corrected chi connectivity index (χ0v) is 13.8. The summed E-state index contributed by atoms with van der Waals surface area (Å²) in [6, 6.07) is 7.46. The van der Waals surface area contributed by atoms with E-state index in [9.17, 15) is 4.79 Å². The van der Waals surface area contributed by atoms with Crippen molar-refractivity contribution in [1.29, 1.82) is 0 Å². The summed E-state index contributed by atoms with van der Waals surface area (Å²) in [5, 5.41) is 2.97. The maximum Gasteiger partial charge on any atom is 0.251 e. The Hall–Kier alpha value is -1.88. The van der Waals surface area contributed by atoms with Gasteiger partial charge in [-0.05, 0) is 42.9 Å². The standard InChI is InChI=1S/C17H23N3OS/c1-2-3-4-5-6-11-18-16(21)14-7-9-15(10-8-14)20-13-12-19-17(20)22/h7-10,12-13H,2-6,11H2,1H3,(H,18,21)(H,19,22). The number of benzene rings is 1. The van der Waals surface area contributed by atoms with Crippen molar-refractivity contribution in [3.63, 3.8) is 0 Å². The fourth-order valence-electron chi connectivity index (χ4n) is 2.33. The largest absolute Gasteiger partial charge is 0.352 e. The van der Waals surface area contributed by atoms with Gasteiger partial charge in [-0.15, -0.1) is 0 Å². The Morgan fingerprint density at radius 2 is 1.91 bits per heavy atom. The first kappa shape index (κ1) is 16.5. The molecule has 0 spiro atoms. The molecule has 118 valence electrons. The summed E-state index contributed by atoms with van der Waals surface area (Å²) in [5.41, 5.74) is 1.63. The van der Waals surface area contributed by atoms with E-state index in [0.29, 0.717) is 10.3 Å². The summed E-state index contributed by atoms with van der Waals surface area (Å²) in [6.07, 6.45) is 9.65. The van der Waals surface area contributed by atoms with Gasteiger partial charge < -0.3 is 10.3 Å². The minimum Gasteiger partial charge on any atom is -0.352 e. The lowest BCUT2D eigenvalue weighted by atomic mass is 10.1. The molecule has 1 aromatic carbocycles. The number of amides is 1. The molecule has 5 heteroatoms. The third kappa shape index (κ3) is 4.56. The first-order valence-electron chi connectivity index (χ1n) is 7.87. The number of carbonyl (C=O) groups is 1. The van der Waals surface area contributed by atoms with Gasteiger partial charge in [-0.1, -0.05) is 32.6 Å². The summed E-state index contributed by atoms with van der Waals surface area (Å²) < 4.78 is 2.51. The fourth-order valence-corrected chi connectivity index (χ4v) is 2.56. The number of nitrogens with zero attached hydrogens (tertiary/aromatic N) is 1. The van der Waals surface area contributed by atoms with Gasteiger partial charge in [0.25, 0.3) is 5.91 Å². The maximum absolute atomic E-state index is 12.1. The van der Waals surface area contributed by atoms with Gasteiger partial charge in [-0.25, -0.2) is 0 Å². The normalized spacial score (nSPS) is 10.6. The van der Waals surface area contributed by atoms with Gasteiger partial charge in [-0.3, -0.25) is 9.36 Å². The molecule has 2 rings (SSSR count). The molecule has 22 heavy (non-hydrogen) atoms. The van der Waals surface area contributed by atoms with Crippen molar-refractivity contribution in [2.24, 2.45) is 0 Å². The molecule has 0 atom stereocenters. The number of aromatic amines is 1. The fraction of sp³-hybridized carbons (Fsp3) is 0.412. The van der Waals surface area contributed by atoms with Crippen molar-refractivity contribution in [1.82, 2.24) is 14.9 Å². The van der Waals surface area contributed by atoms with E-state index in [-0.39, 0.29) is 5.91 Å². The van der Waals surface area contributed by atoms with Gasteiger partial charge in [0.05, 0.1) is 0 Å². The van der Waals surface area contributed by atoms with Crippen LogP contribution < -0.4 is 5.32 Å². The van der Waals surface area contributed by atoms with Gasteiger partial charge in [-0.2, -0.15) is 0 Å². The number of carbonyl (C=O) groups excluding carboxylic acids is 1. The number of hydrogen-bond donors (Lipinski definition) is 2. The van der Waals surface area contributed by atoms with Crippen LogP contribution in [0.15, 0.2) is 36.7 Å². The van der Waals surface area contributed by atoms with Crippen LogP contribution >= 0.6 is 12.2 Å². The summed E-state index contributed by atoms with van der Waals surface area (Å²) >= 11 is 5.18. The third-order valence-corrected chi connectivity index (χ3v) is 3.94. The van der Waals surface area contributed by atoms with E-state index >= 15 is 0 Å². The predicted octanol–water partition coefficient (Wildman–Crippen LogP) is 4.24. The van der Waals surface area contributed by atoms with Gasteiger partial charge in [0.15, 0.2) is 4.77 Å². The molecule has 1 amide bonds. The third-order valence-electron chi connectivity index (χ3n) is 3.62. The van der Waals surface area contributed by atoms with Crippen LogP contribution in [0.3, 0.4) is 0 Å². The molecule has 0 fully saturated rings. The van der Waals surface area contributed by atoms with Crippen LogP contribution in [0.1, 0.15) is 49.4 Å². The van der Waals surface area contributed by atoms with Crippen LogP contribution in [-0.2, 0) is 0 Å². The highest BCUT2D eigenvalue weighted by Gasteiger charge is 2.05. The van der Waals surface area contributed by atoms with E-state index in [1.807, 2.05) is 35.0 Å². The molecule has 0 saturated heterocycles. The monoisotopic (exact) mass is 317 g/mol. The molecule has 0 unspecified atom stereocenters. The van der Waals surface area contributed by atoms with Crippen LogP contribution in [-0.4, -0.2) is 22.0 Å². The van der Waals surface area contributed by atoms with Crippen molar-refractivity contribution in [3.8, 4) is 5.69 Å². The molecule has 0 saturated carbocycles. The highest BCUT2D eigenvalue weighted by Crippen LogP contribution is 2.10. The van der Waals surface area contributed by atoms with E-state index in [4.69, 9.17) is 12.2 Å². The topological polar surface area (TPSA) is 49.8 Å². The van der Waals surface area contributed by atoms with Crippen LogP contribution in [0.2, 0.25) is 0 Å². The molecule has 2 N–H and O–H groups in total. The smallest absolute Gasteiger partial charge is 0.251 e. The van der Waals surface area contributed by atoms with Gasteiger partial charge in [0.1, 0.15) is 0 Å². The highest BCUT2D eigenvalue weighted by atomic mass is 32.1. The lowest BCUT2D eigenvalue weighted by Crippen LogP contribution is -2.24. The summed E-state index contributed by atoms with van der Waals surface area (Å²) in [5.74, 6) is -0.0142. The molecule has 4 nitrogen and oxygen atoms in total. The zero-order chi connectivity index (χ0) is 15.8. The van der Waals surface area contributed by atoms with Gasteiger partial charge >= 0.3 is 0 Å². The van der Waals surface area contributed by atoms with E-state index in [2.05, 4.69) is 17.2 Å². The molecule has 0 aliphatic carbocycles. The first-order chi connectivity index (χ1) is 10.7. The number of hydrogen-bond acceptors (Lipinski definition) is 2. The van der Waals surface area contributed by atoms with E-state index < -0.39 is 0 Å². The van der Waals surface area contributed by atoms with Crippen molar-refractivity contribution in [3.05, 3.63) is 47.0 Å². The Morgan fingerprint density at radius 1 is 1.18 bits per heavy atom. The molecule has 2 aromatic rings. The Labute approximate surface area is 136 Å². The Kier molecular flexibility index (Phi) is 6.40. The quantitative estimate of drug-likeness (QED) is 0.565. The number of aromatic nitrogens is 2. The second-order valence-corrected chi connectivity index (χ2v) is 5.74. The second kappa shape index (κ2) is 8.54. The molecule has 0 radical (unpaired) electrons. The average molecular weight is 317 g/mol. The summed E-state index contributed by atoms with van der Waals surface area (Å²) in [6.45, 7) is 2.94. The molecule has 1 heterocycles. The van der Waals surface area contributed by atoms with Gasteiger partial charge in [0, 0.05) is 30.2 Å². The van der Waals surface area contributed by atoms with Gasteiger partial charge in [0.2, 0.25) is 0 Å². The second-order valence-electron chi connectivity index (χ2n) is 5.35. The molecular formula is C17H23N3OS. The van der Waals surface area contributed by atoms with Crippen molar-refractivity contribution in [2.45, 2.75) is 39.0 Å². The van der Waals surface area contributed by atoms with E-state index in [1.165, 1.54) is 25.7 Å². The number of rotatable bonds is 8. The van der Waals surface area contributed by atoms with Crippen LogP contribution in [0.4, 0.5) is 0 Å². The Morgan fingerprint density at radius 3 is 2.55 bits per heavy atom. The van der Waals surface area contributed by atoms with E-state index in [0.717, 1.165) is 18.7 Å². The Balaban J connectivity index is 1.84. The molecule has 1 aromatic heterocycles. The average Bonchev–Trinajstić information content (AvgIpc) is 2.97. The number of unbranched alkanes of at least 4 members (excludes halogenated alkanes) is 4. The minimum atomic E-state index is -0.0142. The molecule has 0 aliphatic rings. The molecule has 0 aliphatic heterocycles. The Bertz CT molecular complexity index is 642. The number of nitrogens with one attached hydrogen (secondary N) is 2. The lowest BCUT2D eigenvalue weighted by molar-refractivity contribution is 0.0953. The number of H-pyrrole nitrogens is 1. The van der Waals surface area contributed by atoms with Crippen LogP contribution in [0, 0.1) is 4.77 Å². The molecular weight excluding hydrogens is 294 g/mol.